The number of rotatable bonds is 8. The van der Waals surface area contributed by atoms with Crippen molar-refractivity contribution in [1.29, 1.82) is 0 Å². The summed E-state index contributed by atoms with van der Waals surface area (Å²) in [6.07, 6.45) is 3.54. The number of hydrogen-bond donors (Lipinski definition) is 1. The lowest BCUT2D eigenvalue weighted by Gasteiger charge is -2.17. The maximum Gasteiger partial charge on any atom is 0.0797 e. The summed E-state index contributed by atoms with van der Waals surface area (Å²) in [6, 6.07) is 10.8. The van der Waals surface area contributed by atoms with Gasteiger partial charge >= 0.3 is 0 Å². The van der Waals surface area contributed by atoms with E-state index >= 15 is 0 Å². The molecule has 1 aromatic heterocycles. The zero-order valence-electron chi connectivity index (χ0n) is 12.4. The fourth-order valence-electron chi connectivity index (χ4n) is 2.47. The van der Waals surface area contributed by atoms with Crippen molar-refractivity contribution in [1.82, 2.24) is 10.3 Å². The van der Waals surface area contributed by atoms with E-state index in [1.807, 2.05) is 5.51 Å². The fourth-order valence-corrected chi connectivity index (χ4v) is 3.27. The fraction of sp³-hybridized carbons (Fsp3) is 0.471. The zero-order chi connectivity index (χ0) is 14.2. The number of benzene rings is 1. The van der Waals surface area contributed by atoms with Crippen molar-refractivity contribution in [2.75, 3.05) is 13.1 Å². The van der Waals surface area contributed by atoms with Crippen LogP contribution in [-0.4, -0.2) is 18.1 Å². The van der Waals surface area contributed by atoms with Crippen LogP contribution in [0.15, 0.2) is 35.8 Å². The van der Waals surface area contributed by atoms with Gasteiger partial charge in [-0.05, 0) is 50.8 Å². The predicted octanol–water partition coefficient (Wildman–Crippen LogP) is 3.85. The molecule has 1 N–H and O–H groups in total. The summed E-state index contributed by atoms with van der Waals surface area (Å²) in [4.78, 5) is 5.79. The Hall–Kier alpha value is -1.19. The van der Waals surface area contributed by atoms with Gasteiger partial charge < -0.3 is 5.32 Å². The quantitative estimate of drug-likeness (QED) is 0.798. The predicted molar refractivity (Wildman–Crippen MR) is 87.4 cm³/mol. The van der Waals surface area contributed by atoms with Crippen molar-refractivity contribution in [3.05, 3.63) is 52.0 Å². The maximum absolute atomic E-state index is 4.34. The van der Waals surface area contributed by atoms with Crippen molar-refractivity contribution < 1.29 is 0 Å². The molecule has 0 amide bonds. The van der Waals surface area contributed by atoms with Crippen molar-refractivity contribution in [3.8, 4) is 0 Å². The molecule has 0 saturated carbocycles. The standard InChI is InChI=1S/C17H24N2S/c1-3-18-12-16(11-15-7-5-4-6-8-15)9-10-17-14(2)19-13-20-17/h4-8,13,16,18H,3,9-12H2,1-2H3. The molecule has 0 spiro atoms. The Bertz CT molecular complexity index is 493. The molecule has 0 aliphatic carbocycles. The minimum absolute atomic E-state index is 0.693. The van der Waals surface area contributed by atoms with Crippen LogP contribution in [0.1, 0.15) is 29.5 Å². The topological polar surface area (TPSA) is 24.9 Å². The Labute approximate surface area is 126 Å². The number of hydrogen-bond acceptors (Lipinski definition) is 3. The highest BCUT2D eigenvalue weighted by Crippen LogP contribution is 2.19. The number of aromatic nitrogens is 1. The smallest absolute Gasteiger partial charge is 0.0797 e. The first-order chi connectivity index (χ1) is 9.79. The zero-order valence-corrected chi connectivity index (χ0v) is 13.2. The Balaban J connectivity index is 1.91. The first-order valence-electron chi connectivity index (χ1n) is 7.43. The lowest BCUT2D eigenvalue weighted by Crippen LogP contribution is -2.24. The van der Waals surface area contributed by atoms with Crippen LogP contribution in [0, 0.1) is 12.8 Å². The van der Waals surface area contributed by atoms with E-state index in [1.165, 1.54) is 22.6 Å². The summed E-state index contributed by atoms with van der Waals surface area (Å²) in [5.41, 5.74) is 4.61. The highest BCUT2D eigenvalue weighted by Gasteiger charge is 2.11. The van der Waals surface area contributed by atoms with E-state index in [-0.39, 0.29) is 0 Å². The second-order valence-corrected chi connectivity index (χ2v) is 6.20. The molecule has 0 bridgehead atoms. The second-order valence-electron chi connectivity index (χ2n) is 5.26. The lowest BCUT2D eigenvalue weighted by molar-refractivity contribution is 0.450. The molecule has 1 aromatic carbocycles. The minimum Gasteiger partial charge on any atom is -0.317 e. The molecule has 2 aromatic rings. The van der Waals surface area contributed by atoms with Gasteiger partial charge in [0.15, 0.2) is 0 Å². The molecule has 2 nitrogen and oxygen atoms in total. The lowest BCUT2D eigenvalue weighted by atomic mass is 9.94. The highest BCUT2D eigenvalue weighted by atomic mass is 32.1. The van der Waals surface area contributed by atoms with E-state index in [2.05, 4.69) is 54.5 Å². The molecule has 0 aliphatic heterocycles. The monoisotopic (exact) mass is 288 g/mol. The summed E-state index contributed by atoms with van der Waals surface area (Å²) in [7, 11) is 0. The van der Waals surface area contributed by atoms with E-state index in [4.69, 9.17) is 0 Å². The number of nitrogens with zero attached hydrogens (tertiary/aromatic N) is 1. The molecule has 1 unspecified atom stereocenters. The third-order valence-corrected chi connectivity index (χ3v) is 4.67. The average molecular weight is 288 g/mol. The number of nitrogens with one attached hydrogen (secondary N) is 1. The summed E-state index contributed by atoms with van der Waals surface area (Å²) < 4.78 is 0. The van der Waals surface area contributed by atoms with Gasteiger partial charge in [0.25, 0.3) is 0 Å². The Morgan fingerprint density at radius 2 is 2.05 bits per heavy atom. The second kappa shape index (κ2) is 8.18. The van der Waals surface area contributed by atoms with Crippen LogP contribution in [0.3, 0.4) is 0 Å². The van der Waals surface area contributed by atoms with Crippen molar-refractivity contribution in [2.45, 2.75) is 33.1 Å². The molecular weight excluding hydrogens is 264 g/mol. The van der Waals surface area contributed by atoms with Gasteiger partial charge in [-0.3, -0.25) is 0 Å². The van der Waals surface area contributed by atoms with E-state index in [0.29, 0.717) is 5.92 Å². The molecule has 1 heterocycles. The molecule has 108 valence electrons. The van der Waals surface area contributed by atoms with E-state index in [9.17, 15) is 0 Å². The number of aryl methyl sites for hydroxylation is 2. The van der Waals surface area contributed by atoms with Crippen LogP contribution in [0.25, 0.3) is 0 Å². The summed E-state index contributed by atoms with van der Waals surface area (Å²) in [5, 5.41) is 3.50. The summed E-state index contributed by atoms with van der Waals surface area (Å²) >= 11 is 1.79. The summed E-state index contributed by atoms with van der Waals surface area (Å²) in [6.45, 7) is 6.43. The molecule has 3 heteroatoms. The molecule has 2 rings (SSSR count). The third-order valence-electron chi connectivity index (χ3n) is 3.67. The first-order valence-corrected chi connectivity index (χ1v) is 8.31. The van der Waals surface area contributed by atoms with Crippen molar-refractivity contribution in [2.24, 2.45) is 5.92 Å². The van der Waals surface area contributed by atoms with Gasteiger partial charge in [-0.25, -0.2) is 4.98 Å². The SMILES string of the molecule is CCNCC(CCc1scnc1C)Cc1ccccc1. The molecule has 0 fully saturated rings. The van der Waals surface area contributed by atoms with Gasteiger partial charge in [-0.1, -0.05) is 37.3 Å². The van der Waals surface area contributed by atoms with E-state index in [0.717, 1.165) is 25.9 Å². The Kier molecular flexibility index (Phi) is 6.22. The molecule has 0 radical (unpaired) electrons. The van der Waals surface area contributed by atoms with E-state index in [1.54, 1.807) is 11.3 Å². The van der Waals surface area contributed by atoms with Gasteiger partial charge in [-0.15, -0.1) is 11.3 Å². The number of thiazole rings is 1. The normalized spacial score (nSPS) is 12.5. The van der Waals surface area contributed by atoms with Gasteiger partial charge in [-0.2, -0.15) is 0 Å². The average Bonchev–Trinajstić information content (AvgIpc) is 2.88. The highest BCUT2D eigenvalue weighted by molar-refractivity contribution is 7.09. The van der Waals surface area contributed by atoms with Crippen molar-refractivity contribution in [3.63, 3.8) is 0 Å². The van der Waals surface area contributed by atoms with Gasteiger partial charge in [0.1, 0.15) is 0 Å². The van der Waals surface area contributed by atoms with Gasteiger partial charge in [0, 0.05) is 4.88 Å². The molecule has 0 aliphatic rings. The van der Waals surface area contributed by atoms with Gasteiger partial charge in [0.2, 0.25) is 0 Å². The van der Waals surface area contributed by atoms with E-state index < -0.39 is 0 Å². The van der Waals surface area contributed by atoms with Crippen LogP contribution < -0.4 is 5.32 Å². The van der Waals surface area contributed by atoms with Gasteiger partial charge in [0.05, 0.1) is 11.2 Å². The molecule has 0 saturated heterocycles. The molecule has 1 atom stereocenters. The van der Waals surface area contributed by atoms with Crippen LogP contribution in [-0.2, 0) is 12.8 Å². The largest absolute Gasteiger partial charge is 0.317 e. The van der Waals surface area contributed by atoms with Crippen LogP contribution in [0.2, 0.25) is 0 Å². The minimum atomic E-state index is 0.693. The molecular formula is C17H24N2S. The Morgan fingerprint density at radius 1 is 1.25 bits per heavy atom. The summed E-state index contributed by atoms with van der Waals surface area (Å²) in [5.74, 6) is 0.693. The third kappa shape index (κ3) is 4.73. The molecule has 20 heavy (non-hydrogen) atoms. The van der Waals surface area contributed by atoms with Crippen LogP contribution in [0.5, 0.6) is 0 Å². The first kappa shape index (κ1) is 15.2. The van der Waals surface area contributed by atoms with Crippen LogP contribution in [0.4, 0.5) is 0 Å². The van der Waals surface area contributed by atoms with Crippen LogP contribution >= 0.6 is 11.3 Å². The van der Waals surface area contributed by atoms with Crippen molar-refractivity contribution >= 4 is 11.3 Å². The Morgan fingerprint density at radius 3 is 2.70 bits per heavy atom. The maximum atomic E-state index is 4.34.